The van der Waals surface area contributed by atoms with E-state index in [1.54, 1.807) is 0 Å². The first-order chi connectivity index (χ1) is 11.9. The number of amides is 2. The standard InChI is InChI=1S/C18H31N5O2/c1-5-6-15-12-23(21-20-15)16-7-9-22(10-8-16)18(25)17(11-13(2)3)19-14(4)24/h12-13,16-17H,5-11H2,1-4H3,(H,19,24). The topological polar surface area (TPSA) is 80.1 Å². The Labute approximate surface area is 150 Å². The molecule has 2 heterocycles. The van der Waals surface area contributed by atoms with Crippen molar-refractivity contribution >= 4 is 11.8 Å². The zero-order valence-electron chi connectivity index (χ0n) is 15.9. The molecular weight excluding hydrogens is 318 g/mol. The third-order valence-electron chi connectivity index (χ3n) is 4.60. The van der Waals surface area contributed by atoms with Crippen LogP contribution in [0.25, 0.3) is 0 Å². The van der Waals surface area contributed by atoms with E-state index in [9.17, 15) is 9.59 Å². The Hall–Kier alpha value is -1.92. The lowest BCUT2D eigenvalue weighted by Gasteiger charge is -2.34. The van der Waals surface area contributed by atoms with Gasteiger partial charge in [0.2, 0.25) is 11.8 Å². The van der Waals surface area contributed by atoms with Gasteiger partial charge in [0.05, 0.1) is 11.7 Å². The maximum Gasteiger partial charge on any atom is 0.245 e. The van der Waals surface area contributed by atoms with E-state index in [-0.39, 0.29) is 11.8 Å². The number of nitrogens with one attached hydrogen (secondary N) is 1. The molecule has 1 aliphatic heterocycles. The van der Waals surface area contributed by atoms with Gasteiger partial charge < -0.3 is 10.2 Å². The van der Waals surface area contributed by atoms with Crippen molar-refractivity contribution in [1.82, 2.24) is 25.2 Å². The average molecular weight is 349 g/mol. The fourth-order valence-corrected chi connectivity index (χ4v) is 3.37. The maximum atomic E-state index is 12.8. The predicted molar refractivity (Wildman–Crippen MR) is 95.9 cm³/mol. The van der Waals surface area contributed by atoms with Crippen LogP contribution in [0.4, 0.5) is 0 Å². The molecule has 2 rings (SSSR count). The molecule has 0 saturated carbocycles. The van der Waals surface area contributed by atoms with Crippen molar-refractivity contribution in [2.45, 2.75) is 71.9 Å². The first-order valence-electron chi connectivity index (χ1n) is 9.37. The molecule has 7 heteroatoms. The molecule has 1 aromatic heterocycles. The number of carbonyl (C=O) groups is 2. The van der Waals surface area contributed by atoms with E-state index in [0.717, 1.165) is 31.4 Å². The van der Waals surface area contributed by atoms with Crippen LogP contribution >= 0.6 is 0 Å². The van der Waals surface area contributed by atoms with E-state index in [2.05, 4.69) is 36.4 Å². The van der Waals surface area contributed by atoms with E-state index >= 15 is 0 Å². The van der Waals surface area contributed by atoms with Crippen LogP contribution in [0.5, 0.6) is 0 Å². The van der Waals surface area contributed by atoms with E-state index in [1.807, 2.05) is 15.8 Å². The third-order valence-corrected chi connectivity index (χ3v) is 4.60. The lowest BCUT2D eigenvalue weighted by atomic mass is 10.00. The molecule has 1 aromatic rings. The Morgan fingerprint density at radius 3 is 2.56 bits per heavy atom. The monoisotopic (exact) mass is 349 g/mol. The van der Waals surface area contributed by atoms with Crippen LogP contribution in [-0.4, -0.2) is 50.8 Å². The second kappa shape index (κ2) is 8.97. The minimum Gasteiger partial charge on any atom is -0.345 e. The molecule has 7 nitrogen and oxygen atoms in total. The molecule has 2 amide bonds. The summed E-state index contributed by atoms with van der Waals surface area (Å²) in [6, 6.07) is -0.122. The summed E-state index contributed by atoms with van der Waals surface area (Å²) >= 11 is 0. The number of likely N-dealkylation sites (tertiary alicyclic amines) is 1. The second-order valence-corrected chi connectivity index (χ2v) is 7.38. The number of piperidine rings is 1. The van der Waals surface area contributed by atoms with Gasteiger partial charge in [-0.3, -0.25) is 9.59 Å². The van der Waals surface area contributed by atoms with Gasteiger partial charge in [0.1, 0.15) is 6.04 Å². The Morgan fingerprint density at radius 2 is 2.00 bits per heavy atom. The van der Waals surface area contributed by atoms with E-state index in [1.165, 1.54) is 6.92 Å². The molecule has 0 radical (unpaired) electrons. The van der Waals surface area contributed by atoms with Crippen LogP contribution in [0.3, 0.4) is 0 Å². The van der Waals surface area contributed by atoms with Gasteiger partial charge in [-0.1, -0.05) is 32.4 Å². The Kier molecular flexibility index (Phi) is 6.96. The van der Waals surface area contributed by atoms with Crippen molar-refractivity contribution < 1.29 is 9.59 Å². The molecule has 1 fully saturated rings. The van der Waals surface area contributed by atoms with E-state index in [0.29, 0.717) is 31.5 Å². The normalized spacial score (nSPS) is 16.9. The summed E-state index contributed by atoms with van der Waals surface area (Å²) in [5, 5.41) is 11.3. The SMILES string of the molecule is CCCc1cn(C2CCN(C(=O)C(CC(C)C)NC(C)=O)CC2)nn1. The number of carbonyl (C=O) groups excluding carboxylic acids is 2. The number of aryl methyl sites for hydroxylation is 1. The summed E-state index contributed by atoms with van der Waals surface area (Å²) in [6.45, 7) is 9.11. The second-order valence-electron chi connectivity index (χ2n) is 7.38. The summed E-state index contributed by atoms with van der Waals surface area (Å²) in [6.07, 6.45) is 6.45. The summed E-state index contributed by atoms with van der Waals surface area (Å²) < 4.78 is 1.95. The van der Waals surface area contributed by atoms with Crippen LogP contribution in [0.15, 0.2) is 6.20 Å². The summed E-state index contributed by atoms with van der Waals surface area (Å²) in [5.74, 6) is 0.234. The highest BCUT2D eigenvalue weighted by Gasteiger charge is 2.30. The largest absolute Gasteiger partial charge is 0.345 e. The fraction of sp³-hybridized carbons (Fsp3) is 0.778. The molecule has 0 aliphatic carbocycles. The zero-order valence-corrected chi connectivity index (χ0v) is 15.9. The molecule has 0 aromatic carbocycles. The molecule has 140 valence electrons. The fourth-order valence-electron chi connectivity index (χ4n) is 3.37. The van der Waals surface area contributed by atoms with Crippen molar-refractivity contribution in [3.63, 3.8) is 0 Å². The molecule has 0 spiro atoms. The van der Waals surface area contributed by atoms with Crippen LogP contribution < -0.4 is 5.32 Å². The molecule has 0 bridgehead atoms. The Morgan fingerprint density at radius 1 is 1.32 bits per heavy atom. The van der Waals surface area contributed by atoms with Gasteiger partial charge in [-0.15, -0.1) is 5.10 Å². The van der Waals surface area contributed by atoms with Crippen molar-refractivity contribution in [2.24, 2.45) is 5.92 Å². The number of rotatable bonds is 7. The average Bonchev–Trinajstić information content (AvgIpc) is 3.02. The van der Waals surface area contributed by atoms with Gasteiger partial charge in [0, 0.05) is 26.2 Å². The number of hydrogen-bond donors (Lipinski definition) is 1. The lowest BCUT2D eigenvalue weighted by Crippen LogP contribution is -2.51. The van der Waals surface area contributed by atoms with Gasteiger partial charge in [0.25, 0.3) is 0 Å². The van der Waals surface area contributed by atoms with Crippen molar-refractivity contribution in [2.75, 3.05) is 13.1 Å². The van der Waals surface area contributed by atoms with Crippen molar-refractivity contribution in [1.29, 1.82) is 0 Å². The molecular formula is C18H31N5O2. The first kappa shape index (κ1) is 19.4. The van der Waals surface area contributed by atoms with Gasteiger partial charge in [-0.05, 0) is 31.6 Å². The molecule has 1 unspecified atom stereocenters. The summed E-state index contributed by atoms with van der Waals surface area (Å²) in [5.41, 5.74) is 1.03. The molecule has 1 saturated heterocycles. The van der Waals surface area contributed by atoms with E-state index in [4.69, 9.17) is 0 Å². The predicted octanol–water partition coefficient (Wildman–Crippen LogP) is 1.94. The number of nitrogens with zero attached hydrogens (tertiary/aromatic N) is 4. The maximum absolute atomic E-state index is 12.8. The van der Waals surface area contributed by atoms with Gasteiger partial charge in [-0.2, -0.15) is 0 Å². The Balaban J connectivity index is 1.92. The van der Waals surface area contributed by atoms with Crippen LogP contribution in [-0.2, 0) is 16.0 Å². The lowest BCUT2D eigenvalue weighted by molar-refractivity contribution is -0.137. The van der Waals surface area contributed by atoms with Crippen molar-refractivity contribution in [3.05, 3.63) is 11.9 Å². The number of hydrogen-bond acceptors (Lipinski definition) is 4. The minimum absolute atomic E-state index is 0.0348. The van der Waals surface area contributed by atoms with Crippen LogP contribution in [0.1, 0.15) is 65.1 Å². The minimum atomic E-state index is -0.420. The molecule has 1 atom stereocenters. The van der Waals surface area contributed by atoms with Gasteiger partial charge >= 0.3 is 0 Å². The molecule has 1 N–H and O–H groups in total. The van der Waals surface area contributed by atoms with Crippen LogP contribution in [0, 0.1) is 5.92 Å². The highest BCUT2D eigenvalue weighted by Crippen LogP contribution is 2.23. The highest BCUT2D eigenvalue weighted by atomic mass is 16.2. The smallest absolute Gasteiger partial charge is 0.245 e. The van der Waals surface area contributed by atoms with Crippen molar-refractivity contribution in [3.8, 4) is 0 Å². The number of aromatic nitrogens is 3. The third kappa shape index (κ3) is 5.54. The molecule has 25 heavy (non-hydrogen) atoms. The quantitative estimate of drug-likeness (QED) is 0.816. The van der Waals surface area contributed by atoms with Crippen LogP contribution in [0.2, 0.25) is 0 Å². The first-order valence-corrected chi connectivity index (χ1v) is 9.37. The zero-order chi connectivity index (χ0) is 18.4. The molecule has 1 aliphatic rings. The Bertz CT molecular complexity index is 576. The highest BCUT2D eigenvalue weighted by molar-refractivity contribution is 5.86. The van der Waals surface area contributed by atoms with Gasteiger partial charge in [-0.25, -0.2) is 4.68 Å². The van der Waals surface area contributed by atoms with Gasteiger partial charge in [0.15, 0.2) is 0 Å². The summed E-state index contributed by atoms with van der Waals surface area (Å²) in [4.78, 5) is 26.1. The summed E-state index contributed by atoms with van der Waals surface area (Å²) in [7, 11) is 0. The van der Waals surface area contributed by atoms with E-state index < -0.39 is 6.04 Å².